The van der Waals surface area contributed by atoms with Gasteiger partial charge in [0.2, 0.25) is 5.91 Å². The van der Waals surface area contributed by atoms with E-state index in [1.165, 1.54) is 4.57 Å². The molecule has 2 aromatic heterocycles. The van der Waals surface area contributed by atoms with Crippen LogP contribution in [0.5, 0.6) is 0 Å². The minimum atomic E-state index is -0.428. The molecule has 0 saturated carbocycles. The third kappa shape index (κ3) is 2.90. The van der Waals surface area contributed by atoms with Gasteiger partial charge in [0, 0.05) is 30.9 Å². The fourth-order valence-corrected chi connectivity index (χ4v) is 4.01. The largest absolute Gasteiger partial charge is 0.360 e. The first-order valence-electron chi connectivity index (χ1n) is 9.49. The summed E-state index contributed by atoms with van der Waals surface area (Å²) < 4.78 is 6.78. The van der Waals surface area contributed by atoms with Crippen LogP contribution in [-0.4, -0.2) is 44.5 Å². The Hall–Kier alpha value is -2.97. The number of rotatable bonds is 3. The van der Waals surface area contributed by atoms with Crippen LogP contribution < -0.4 is 11.0 Å². The maximum Gasteiger partial charge on any atom is 0.348 e. The molecule has 148 valence electrons. The molecule has 1 fully saturated rings. The quantitative estimate of drug-likeness (QED) is 0.837. The van der Waals surface area contributed by atoms with Crippen molar-refractivity contribution in [2.24, 2.45) is 0 Å². The molecule has 0 bridgehead atoms. The van der Waals surface area contributed by atoms with E-state index < -0.39 is 5.69 Å². The van der Waals surface area contributed by atoms with Gasteiger partial charge in [0.05, 0.1) is 6.04 Å². The number of likely N-dealkylation sites (tertiary alicyclic amines) is 1. The summed E-state index contributed by atoms with van der Waals surface area (Å²) in [5.41, 5.74) is 2.85. The van der Waals surface area contributed by atoms with Gasteiger partial charge in [0.15, 0.2) is 5.76 Å². The molecule has 9 nitrogen and oxygen atoms in total. The van der Waals surface area contributed by atoms with Gasteiger partial charge < -0.3 is 14.7 Å². The Kier molecular flexibility index (Phi) is 4.52. The number of carbonyl (C=O) groups excluding carboxylic acids is 2. The summed E-state index contributed by atoms with van der Waals surface area (Å²) in [6.07, 6.45) is 2.10. The second-order valence-corrected chi connectivity index (χ2v) is 7.39. The molecule has 9 heteroatoms. The molecule has 1 unspecified atom stereocenters. The summed E-state index contributed by atoms with van der Waals surface area (Å²) in [5, 5.41) is 6.92. The predicted octanol–water partition coefficient (Wildman–Crippen LogP) is 0.806. The Labute approximate surface area is 161 Å². The van der Waals surface area contributed by atoms with E-state index in [9.17, 15) is 14.4 Å². The number of aromatic nitrogens is 3. The number of fused-ring (bicyclic) bond motifs is 1. The fraction of sp³-hybridized carbons (Fsp3) is 0.526. The van der Waals surface area contributed by atoms with E-state index in [4.69, 9.17) is 4.52 Å². The lowest BCUT2D eigenvalue weighted by molar-refractivity contribution is -0.133. The Morgan fingerprint density at radius 1 is 1.29 bits per heavy atom. The normalized spacial score (nSPS) is 18.9. The van der Waals surface area contributed by atoms with Gasteiger partial charge >= 0.3 is 5.69 Å². The molecular weight excluding hydrogens is 362 g/mol. The van der Waals surface area contributed by atoms with Gasteiger partial charge in [0.25, 0.3) is 5.91 Å². The molecule has 1 saturated heterocycles. The monoisotopic (exact) mass is 385 g/mol. The van der Waals surface area contributed by atoms with Crippen molar-refractivity contribution >= 4 is 11.8 Å². The van der Waals surface area contributed by atoms with Crippen molar-refractivity contribution < 1.29 is 14.1 Å². The molecule has 1 atom stereocenters. The van der Waals surface area contributed by atoms with E-state index in [0.717, 1.165) is 17.7 Å². The Balaban J connectivity index is 1.63. The lowest BCUT2D eigenvalue weighted by Gasteiger charge is -2.25. The average Bonchev–Trinajstić information content (AvgIpc) is 3.30. The summed E-state index contributed by atoms with van der Waals surface area (Å²) >= 11 is 0. The molecule has 4 heterocycles. The zero-order valence-electron chi connectivity index (χ0n) is 16.2. The third-order valence-corrected chi connectivity index (χ3v) is 5.82. The smallest absolute Gasteiger partial charge is 0.348 e. The Morgan fingerprint density at radius 3 is 2.86 bits per heavy atom. The van der Waals surface area contributed by atoms with Crippen molar-refractivity contribution in [1.82, 2.24) is 24.9 Å². The summed E-state index contributed by atoms with van der Waals surface area (Å²) in [6, 6.07) is -0.320. The zero-order chi connectivity index (χ0) is 20.0. The molecule has 0 aromatic carbocycles. The maximum absolute atomic E-state index is 13.1. The van der Waals surface area contributed by atoms with Crippen molar-refractivity contribution in [3.05, 3.63) is 44.5 Å². The summed E-state index contributed by atoms with van der Waals surface area (Å²) in [6.45, 7) is 6.48. The molecule has 1 N–H and O–H groups in total. The van der Waals surface area contributed by atoms with Gasteiger partial charge in [-0.3, -0.25) is 14.2 Å². The topological polar surface area (TPSA) is 110 Å². The summed E-state index contributed by atoms with van der Waals surface area (Å²) in [5.74, 6) is 0.177. The SMILES string of the molecule is Cc1nc(=O)n(CC(=O)N2CCCC2c2noc3c2C(=O)NCC3)c(C)c1C. The van der Waals surface area contributed by atoms with E-state index in [-0.39, 0.29) is 24.4 Å². The first-order chi connectivity index (χ1) is 13.4. The highest BCUT2D eigenvalue weighted by Crippen LogP contribution is 2.35. The molecule has 0 aliphatic carbocycles. The second kappa shape index (κ2) is 6.88. The van der Waals surface area contributed by atoms with Crippen LogP contribution in [0.15, 0.2) is 9.32 Å². The number of amides is 2. The van der Waals surface area contributed by atoms with Crippen LogP contribution in [0.4, 0.5) is 0 Å². The number of hydrogen-bond acceptors (Lipinski definition) is 6. The highest BCUT2D eigenvalue weighted by Gasteiger charge is 2.37. The van der Waals surface area contributed by atoms with Crippen LogP contribution in [-0.2, 0) is 17.8 Å². The van der Waals surface area contributed by atoms with E-state index in [0.29, 0.717) is 48.6 Å². The first-order valence-corrected chi connectivity index (χ1v) is 9.49. The van der Waals surface area contributed by atoms with Crippen LogP contribution in [0.2, 0.25) is 0 Å². The second-order valence-electron chi connectivity index (χ2n) is 7.39. The van der Waals surface area contributed by atoms with Gasteiger partial charge in [-0.1, -0.05) is 5.16 Å². The van der Waals surface area contributed by atoms with Crippen LogP contribution in [0, 0.1) is 20.8 Å². The molecule has 0 radical (unpaired) electrons. The highest BCUT2D eigenvalue weighted by atomic mass is 16.5. The van der Waals surface area contributed by atoms with Gasteiger partial charge in [-0.15, -0.1) is 0 Å². The van der Waals surface area contributed by atoms with E-state index in [1.807, 2.05) is 13.8 Å². The van der Waals surface area contributed by atoms with E-state index in [2.05, 4.69) is 15.5 Å². The van der Waals surface area contributed by atoms with Gasteiger partial charge in [0.1, 0.15) is 17.8 Å². The Bertz CT molecular complexity index is 1020. The maximum atomic E-state index is 13.1. The first kappa shape index (κ1) is 18.4. The minimum Gasteiger partial charge on any atom is -0.360 e. The average molecular weight is 385 g/mol. The molecular formula is C19H23N5O4. The molecule has 2 aliphatic heterocycles. The van der Waals surface area contributed by atoms with Crippen molar-refractivity contribution in [3.8, 4) is 0 Å². The number of aryl methyl sites for hydroxylation is 1. The number of nitrogens with zero attached hydrogens (tertiary/aromatic N) is 4. The summed E-state index contributed by atoms with van der Waals surface area (Å²) in [4.78, 5) is 43.3. The predicted molar refractivity (Wildman–Crippen MR) is 98.9 cm³/mol. The minimum absolute atomic E-state index is 0.0818. The fourth-order valence-electron chi connectivity index (χ4n) is 4.01. The molecule has 2 amide bonds. The lowest BCUT2D eigenvalue weighted by Crippen LogP contribution is -2.39. The van der Waals surface area contributed by atoms with Crippen molar-refractivity contribution in [1.29, 1.82) is 0 Å². The van der Waals surface area contributed by atoms with Crippen LogP contribution in [0.3, 0.4) is 0 Å². The Morgan fingerprint density at radius 2 is 2.07 bits per heavy atom. The number of carbonyl (C=O) groups is 2. The van der Waals surface area contributed by atoms with Gasteiger partial charge in [-0.05, 0) is 39.2 Å². The van der Waals surface area contributed by atoms with Crippen molar-refractivity contribution in [2.75, 3.05) is 13.1 Å². The van der Waals surface area contributed by atoms with E-state index >= 15 is 0 Å². The van der Waals surface area contributed by atoms with Crippen LogP contribution in [0.1, 0.15) is 57.6 Å². The van der Waals surface area contributed by atoms with Crippen molar-refractivity contribution in [3.63, 3.8) is 0 Å². The summed E-state index contributed by atoms with van der Waals surface area (Å²) in [7, 11) is 0. The zero-order valence-corrected chi connectivity index (χ0v) is 16.2. The third-order valence-electron chi connectivity index (χ3n) is 5.82. The number of nitrogens with one attached hydrogen (secondary N) is 1. The molecule has 28 heavy (non-hydrogen) atoms. The molecule has 2 aliphatic rings. The van der Waals surface area contributed by atoms with Gasteiger partial charge in [-0.25, -0.2) is 4.79 Å². The lowest BCUT2D eigenvalue weighted by atomic mass is 10.0. The highest BCUT2D eigenvalue weighted by molar-refractivity contribution is 5.97. The van der Waals surface area contributed by atoms with Gasteiger partial charge in [-0.2, -0.15) is 4.98 Å². The van der Waals surface area contributed by atoms with Crippen LogP contribution >= 0.6 is 0 Å². The molecule has 4 rings (SSSR count). The molecule has 0 spiro atoms. The van der Waals surface area contributed by atoms with Crippen LogP contribution in [0.25, 0.3) is 0 Å². The molecule has 2 aromatic rings. The van der Waals surface area contributed by atoms with E-state index in [1.54, 1.807) is 11.8 Å². The number of hydrogen-bond donors (Lipinski definition) is 1. The standard InChI is InChI=1S/C19H23N5O4/c1-10-11(2)21-19(27)24(12(10)3)9-15(25)23-8-4-5-13(23)17-16-14(28-22-17)6-7-20-18(16)26/h13H,4-9H2,1-3H3,(H,20,26). The van der Waals surface area contributed by atoms with Crippen molar-refractivity contribution in [2.45, 2.75) is 52.6 Å².